The van der Waals surface area contributed by atoms with E-state index in [4.69, 9.17) is 0 Å². The third-order valence-electron chi connectivity index (χ3n) is 3.48. The Bertz CT molecular complexity index is 499. The predicted octanol–water partition coefficient (Wildman–Crippen LogP) is 3.63. The minimum Gasteiger partial charge on any atom is -0.310 e. The van der Waals surface area contributed by atoms with Gasteiger partial charge in [0.1, 0.15) is 0 Å². The second-order valence-corrected chi connectivity index (χ2v) is 4.67. The smallest absolute Gasteiger partial charge is 0.0682 e. The van der Waals surface area contributed by atoms with E-state index in [-0.39, 0.29) is 0 Å². The Balaban J connectivity index is 2.23. The molecule has 2 rings (SSSR count). The highest BCUT2D eigenvalue weighted by molar-refractivity contribution is 5.59. The lowest BCUT2D eigenvalue weighted by Crippen LogP contribution is -2.19. The van der Waals surface area contributed by atoms with Gasteiger partial charge < -0.3 is 5.32 Å². The average Bonchev–Trinajstić information content (AvgIpc) is 2.93. The molecular weight excluding hydrogens is 234 g/mol. The van der Waals surface area contributed by atoms with Gasteiger partial charge in [-0.2, -0.15) is 5.10 Å². The number of benzene rings is 1. The summed E-state index contributed by atoms with van der Waals surface area (Å²) in [4.78, 5) is 0. The molecule has 1 aromatic carbocycles. The molecule has 0 radical (unpaired) electrons. The predicted molar refractivity (Wildman–Crippen MR) is 80.0 cm³/mol. The molecule has 1 unspecified atom stereocenters. The molecule has 0 aliphatic rings. The minimum absolute atomic E-state index is 0.454. The zero-order valence-corrected chi connectivity index (χ0v) is 12.1. The lowest BCUT2D eigenvalue weighted by atomic mass is 10.0. The Hall–Kier alpha value is -1.61. The fourth-order valence-electron chi connectivity index (χ4n) is 2.46. The van der Waals surface area contributed by atoms with Crippen LogP contribution in [0.5, 0.6) is 0 Å². The van der Waals surface area contributed by atoms with E-state index in [1.54, 1.807) is 0 Å². The van der Waals surface area contributed by atoms with Crippen molar-refractivity contribution in [1.82, 2.24) is 15.1 Å². The molecular formula is C16H23N3. The number of aryl methyl sites for hydroxylation is 1. The maximum Gasteiger partial charge on any atom is 0.0682 e. The van der Waals surface area contributed by atoms with Gasteiger partial charge in [-0.15, -0.1) is 0 Å². The lowest BCUT2D eigenvalue weighted by molar-refractivity contribution is 0.537. The van der Waals surface area contributed by atoms with Crippen molar-refractivity contribution < 1.29 is 0 Å². The van der Waals surface area contributed by atoms with Gasteiger partial charge in [-0.3, -0.25) is 4.68 Å². The first kappa shape index (κ1) is 13.8. The van der Waals surface area contributed by atoms with Gasteiger partial charge in [0.25, 0.3) is 0 Å². The van der Waals surface area contributed by atoms with Crippen molar-refractivity contribution in [2.45, 2.75) is 39.8 Å². The molecule has 2 aromatic rings. The summed E-state index contributed by atoms with van der Waals surface area (Å²) in [5.41, 5.74) is 3.77. The Morgan fingerprint density at radius 3 is 2.42 bits per heavy atom. The first-order valence-electron chi connectivity index (χ1n) is 7.15. The van der Waals surface area contributed by atoms with Crippen LogP contribution in [0.25, 0.3) is 11.3 Å². The molecule has 0 aliphatic carbocycles. The molecule has 0 amide bonds. The molecule has 3 nitrogen and oxygen atoms in total. The van der Waals surface area contributed by atoms with E-state index >= 15 is 0 Å². The van der Waals surface area contributed by atoms with E-state index < -0.39 is 0 Å². The Labute approximate surface area is 115 Å². The topological polar surface area (TPSA) is 29.9 Å². The molecule has 3 heteroatoms. The van der Waals surface area contributed by atoms with Crippen molar-refractivity contribution in [3.05, 3.63) is 42.1 Å². The van der Waals surface area contributed by atoms with Crippen LogP contribution in [0, 0.1) is 0 Å². The highest BCUT2D eigenvalue weighted by Crippen LogP contribution is 2.23. The largest absolute Gasteiger partial charge is 0.310 e. The summed E-state index contributed by atoms with van der Waals surface area (Å²) in [5, 5.41) is 7.83. The number of hydrogen-bond acceptors (Lipinski definition) is 2. The van der Waals surface area contributed by atoms with E-state index in [0.29, 0.717) is 6.04 Å². The summed E-state index contributed by atoms with van der Waals surface area (Å²) < 4.78 is 2.02. The van der Waals surface area contributed by atoms with Crippen LogP contribution >= 0.6 is 0 Å². The molecule has 1 atom stereocenters. The molecule has 0 spiro atoms. The number of nitrogens with zero attached hydrogens (tertiary/aromatic N) is 2. The van der Waals surface area contributed by atoms with Gasteiger partial charge in [0.2, 0.25) is 0 Å². The Morgan fingerprint density at radius 1 is 1.11 bits per heavy atom. The van der Waals surface area contributed by atoms with Crippen LogP contribution in [0.2, 0.25) is 0 Å². The van der Waals surface area contributed by atoms with Gasteiger partial charge in [-0.25, -0.2) is 0 Å². The first-order chi connectivity index (χ1) is 9.30. The molecule has 19 heavy (non-hydrogen) atoms. The summed E-state index contributed by atoms with van der Waals surface area (Å²) in [6.45, 7) is 8.38. The second kappa shape index (κ2) is 6.53. The summed E-state index contributed by atoms with van der Waals surface area (Å²) in [7, 11) is 0. The third-order valence-corrected chi connectivity index (χ3v) is 3.48. The normalized spacial score (nSPS) is 12.6. The van der Waals surface area contributed by atoms with E-state index in [1.165, 1.54) is 16.8 Å². The van der Waals surface area contributed by atoms with Crippen LogP contribution in [-0.4, -0.2) is 16.3 Å². The maximum absolute atomic E-state index is 4.32. The Morgan fingerprint density at radius 2 is 1.84 bits per heavy atom. The molecule has 102 valence electrons. The minimum atomic E-state index is 0.454. The molecule has 1 aromatic heterocycles. The van der Waals surface area contributed by atoms with Crippen LogP contribution in [0.1, 0.15) is 38.8 Å². The van der Waals surface area contributed by atoms with Crippen molar-refractivity contribution in [3.8, 4) is 11.3 Å². The maximum atomic E-state index is 4.32. The third kappa shape index (κ3) is 3.04. The lowest BCUT2D eigenvalue weighted by Gasteiger charge is -2.16. The van der Waals surface area contributed by atoms with Crippen LogP contribution in [0.4, 0.5) is 0 Å². The molecule has 0 aliphatic heterocycles. The molecule has 1 heterocycles. The van der Waals surface area contributed by atoms with Crippen molar-refractivity contribution in [2.75, 3.05) is 6.54 Å². The van der Waals surface area contributed by atoms with Crippen LogP contribution in [0.3, 0.4) is 0 Å². The van der Waals surface area contributed by atoms with E-state index in [0.717, 1.165) is 19.5 Å². The van der Waals surface area contributed by atoms with Crippen molar-refractivity contribution in [1.29, 1.82) is 0 Å². The van der Waals surface area contributed by atoms with Crippen molar-refractivity contribution >= 4 is 0 Å². The zero-order valence-electron chi connectivity index (χ0n) is 12.1. The van der Waals surface area contributed by atoms with Gasteiger partial charge >= 0.3 is 0 Å². The summed E-state index contributed by atoms with van der Waals surface area (Å²) in [6, 6.07) is 11.4. The fourth-order valence-corrected chi connectivity index (χ4v) is 2.46. The second-order valence-electron chi connectivity index (χ2n) is 4.67. The van der Waals surface area contributed by atoms with Gasteiger partial charge in [0.15, 0.2) is 0 Å². The summed E-state index contributed by atoms with van der Waals surface area (Å²) >= 11 is 0. The van der Waals surface area contributed by atoms with Gasteiger partial charge in [0, 0.05) is 18.8 Å². The molecule has 0 fully saturated rings. The fraction of sp³-hybridized carbons (Fsp3) is 0.438. The highest BCUT2D eigenvalue weighted by atomic mass is 15.3. The molecule has 1 N–H and O–H groups in total. The monoisotopic (exact) mass is 257 g/mol. The molecule has 0 bridgehead atoms. The number of aromatic nitrogens is 2. The van der Waals surface area contributed by atoms with Crippen molar-refractivity contribution in [3.63, 3.8) is 0 Å². The number of nitrogens with one attached hydrogen (secondary N) is 1. The SMILES string of the molecule is CCNC(CC)c1ccc(-c2ccnn2CC)cc1. The summed E-state index contributed by atoms with van der Waals surface area (Å²) in [5.74, 6) is 0. The van der Waals surface area contributed by atoms with E-state index in [2.05, 4.69) is 61.5 Å². The van der Waals surface area contributed by atoms with Gasteiger partial charge in [-0.05, 0) is 37.1 Å². The Kier molecular flexibility index (Phi) is 4.74. The average molecular weight is 257 g/mol. The standard InChI is InChI=1S/C16H23N3/c1-4-15(17-5-2)13-7-9-14(10-8-13)16-11-12-18-19(16)6-3/h7-12,15,17H,4-6H2,1-3H3. The van der Waals surface area contributed by atoms with E-state index in [9.17, 15) is 0 Å². The van der Waals surface area contributed by atoms with Crippen LogP contribution in [-0.2, 0) is 6.54 Å². The van der Waals surface area contributed by atoms with Crippen molar-refractivity contribution in [2.24, 2.45) is 0 Å². The highest BCUT2D eigenvalue weighted by Gasteiger charge is 2.09. The van der Waals surface area contributed by atoms with E-state index in [1.807, 2.05) is 10.9 Å². The zero-order chi connectivity index (χ0) is 13.7. The number of rotatable bonds is 6. The molecule has 0 saturated heterocycles. The van der Waals surface area contributed by atoms with Gasteiger partial charge in [0.05, 0.1) is 5.69 Å². The first-order valence-corrected chi connectivity index (χ1v) is 7.15. The quantitative estimate of drug-likeness (QED) is 0.856. The van der Waals surface area contributed by atoms with Crippen LogP contribution < -0.4 is 5.32 Å². The number of hydrogen-bond donors (Lipinski definition) is 1. The van der Waals surface area contributed by atoms with Gasteiger partial charge in [-0.1, -0.05) is 38.1 Å². The molecule has 0 saturated carbocycles. The summed E-state index contributed by atoms with van der Waals surface area (Å²) in [6.07, 6.45) is 2.97. The van der Waals surface area contributed by atoms with Crippen LogP contribution in [0.15, 0.2) is 36.5 Å².